The molecule has 0 aliphatic rings. The third-order valence-corrected chi connectivity index (χ3v) is 3.39. The number of carbonyl (C=O) groups excluding carboxylic acids is 1. The lowest BCUT2D eigenvalue weighted by molar-refractivity contribution is -0.142. The number of nitrogens with zero attached hydrogens (tertiary/aromatic N) is 1. The number of hydrogen-bond acceptors (Lipinski definition) is 3. The molecule has 0 saturated carbocycles. The van der Waals surface area contributed by atoms with E-state index < -0.39 is 23.7 Å². The summed E-state index contributed by atoms with van der Waals surface area (Å²) in [5.74, 6) is -1.19. The van der Waals surface area contributed by atoms with Gasteiger partial charge in [0.25, 0.3) is 0 Å². The van der Waals surface area contributed by atoms with Crippen molar-refractivity contribution in [1.82, 2.24) is 4.90 Å². The van der Waals surface area contributed by atoms with Crippen LogP contribution in [0.4, 0.5) is 4.79 Å². The highest BCUT2D eigenvalue weighted by molar-refractivity contribution is 9.10. The lowest BCUT2D eigenvalue weighted by atomic mass is 10.1. The predicted molar refractivity (Wildman–Crippen MR) is 83.5 cm³/mol. The zero-order valence-corrected chi connectivity index (χ0v) is 14.5. The molecule has 0 saturated heterocycles. The van der Waals surface area contributed by atoms with E-state index in [1.807, 2.05) is 0 Å². The van der Waals surface area contributed by atoms with Crippen LogP contribution in [-0.2, 0) is 9.53 Å². The fourth-order valence-corrected chi connectivity index (χ4v) is 2.27. The minimum Gasteiger partial charge on any atom is -0.479 e. The molecule has 0 spiro atoms. The summed E-state index contributed by atoms with van der Waals surface area (Å²) < 4.78 is 5.86. The minimum absolute atomic E-state index is 0.265. The number of aliphatic carboxylic acids is 1. The summed E-state index contributed by atoms with van der Waals surface area (Å²) in [7, 11) is 1.37. The fraction of sp³-hybridized carbons (Fsp3) is 0.429. The Balaban J connectivity index is 3.15. The summed E-state index contributed by atoms with van der Waals surface area (Å²) in [6.07, 6.45) is -0.731. The van der Waals surface area contributed by atoms with Crippen molar-refractivity contribution < 1.29 is 19.4 Å². The maximum Gasteiger partial charge on any atom is 0.411 e. The van der Waals surface area contributed by atoms with Gasteiger partial charge in [-0.15, -0.1) is 0 Å². The van der Waals surface area contributed by atoms with Crippen molar-refractivity contribution in [3.05, 3.63) is 33.3 Å². The monoisotopic (exact) mass is 377 g/mol. The van der Waals surface area contributed by atoms with Crippen molar-refractivity contribution in [2.75, 3.05) is 7.05 Å². The number of benzene rings is 1. The first-order chi connectivity index (χ1) is 9.53. The van der Waals surface area contributed by atoms with Crippen LogP contribution in [0.1, 0.15) is 32.4 Å². The summed E-state index contributed by atoms with van der Waals surface area (Å²) in [6.45, 7) is 5.13. The van der Waals surface area contributed by atoms with E-state index in [0.29, 0.717) is 10.0 Å². The molecule has 21 heavy (non-hydrogen) atoms. The molecule has 0 fully saturated rings. The van der Waals surface area contributed by atoms with E-state index >= 15 is 0 Å². The van der Waals surface area contributed by atoms with E-state index in [1.54, 1.807) is 39.0 Å². The number of amides is 1. The standard InChI is InChI=1S/C14H17BrClNO4/c1-14(2,3)21-13(20)17(4)11(12(18)19)9-7-8(15)5-6-10(9)16/h5-7,11H,1-4H3,(H,18,19). The third kappa shape index (κ3) is 4.89. The lowest BCUT2D eigenvalue weighted by Gasteiger charge is -2.29. The van der Waals surface area contributed by atoms with E-state index in [-0.39, 0.29) is 5.02 Å². The second-order valence-electron chi connectivity index (χ2n) is 5.50. The Morgan fingerprint density at radius 3 is 2.43 bits per heavy atom. The zero-order chi connectivity index (χ0) is 16.4. The zero-order valence-electron chi connectivity index (χ0n) is 12.2. The van der Waals surface area contributed by atoms with Gasteiger partial charge in [0.15, 0.2) is 6.04 Å². The molecule has 0 radical (unpaired) electrons. The van der Waals surface area contributed by atoms with E-state index in [9.17, 15) is 14.7 Å². The Bertz CT molecular complexity index is 556. The van der Waals surface area contributed by atoms with Crippen LogP contribution in [0.2, 0.25) is 5.02 Å². The summed E-state index contributed by atoms with van der Waals surface area (Å²) in [6, 6.07) is 3.60. The first kappa shape index (κ1) is 17.8. The van der Waals surface area contributed by atoms with Gasteiger partial charge in [0.05, 0.1) is 0 Å². The molecule has 1 amide bonds. The van der Waals surface area contributed by atoms with Crippen molar-refractivity contribution >= 4 is 39.6 Å². The highest BCUT2D eigenvalue weighted by atomic mass is 79.9. The Morgan fingerprint density at radius 2 is 1.95 bits per heavy atom. The molecule has 116 valence electrons. The molecule has 1 aromatic carbocycles. The van der Waals surface area contributed by atoms with Crippen LogP contribution < -0.4 is 0 Å². The molecule has 1 atom stereocenters. The number of carboxylic acid groups (broad SMARTS) is 1. The van der Waals surface area contributed by atoms with Gasteiger partial charge in [-0.2, -0.15) is 0 Å². The van der Waals surface area contributed by atoms with Gasteiger partial charge in [-0.1, -0.05) is 27.5 Å². The van der Waals surface area contributed by atoms with E-state index in [4.69, 9.17) is 16.3 Å². The number of halogens is 2. The number of carboxylic acids is 1. The maximum atomic E-state index is 12.1. The molecular weight excluding hydrogens is 362 g/mol. The smallest absolute Gasteiger partial charge is 0.411 e. The quantitative estimate of drug-likeness (QED) is 0.860. The normalized spacial score (nSPS) is 12.7. The van der Waals surface area contributed by atoms with E-state index in [2.05, 4.69) is 15.9 Å². The molecule has 0 aliphatic carbocycles. The van der Waals surface area contributed by atoms with Crippen LogP contribution in [-0.4, -0.2) is 34.7 Å². The number of ether oxygens (including phenoxy) is 1. The summed E-state index contributed by atoms with van der Waals surface area (Å²) in [5, 5.41) is 9.70. The van der Waals surface area contributed by atoms with Crippen LogP contribution in [0.25, 0.3) is 0 Å². The molecule has 7 heteroatoms. The first-order valence-electron chi connectivity index (χ1n) is 6.16. The summed E-state index contributed by atoms with van der Waals surface area (Å²) >= 11 is 9.32. The van der Waals surface area contributed by atoms with Crippen molar-refractivity contribution in [2.45, 2.75) is 32.4 Å². The van der Waals surface area contributed by atoms with Gasteiger partial charge in [-0.25, -0.2) is 9.59 Å². The maximum absolute atomic E-state index is 12.1. The Hall–Kier alpha value is -1.27. The van der Waals surface area contributed by atoms with Crippen LogP contribution in [0.3, 0.4) is 0 Å². The molecule has 0 aromatic heterocycles. The average Bonchev–Trinajstić information content (AvgIpc) is 2.31. The van der Waals surface area contributed by atoms with Crippen molar-refractivity contribution in [3.8, 4) is 0 Å². The molecule has 1 unspecified atom stereocenters. The van der Waals surface area contributed by atoms with E-state index in [1.165, 1.54) is 7.05 Å². The van der Waals surface area contributed by atoms with Gasteiger partial charge < -0.3 is 9.84 Å². The lowest BCUT2D eigenvalue weighted by Crippen LogP contribution is -2.39. The predicted octanol–water partition coefficient (Wildman–Crippen LogP) is 4.10. The molecule has 1 N–H and O–H groups in total. The number of carbonyl (C=O) groups is 2. The van der Waals surface area contributed by atoms with Crippen molar-refractivity contribution in [2.24, 2.45) is 0 Å². The Kier molecular flexibility index (Phi) is 5.64. The van der Waals surface area contributed by atoms with Gasteiger partial charge in [-0.3, -0.25) is 4.90 Å². The minimum atomic E-state index is -1.23. The largest absolute Gasteiger partial charge is 0.479 e. The summed E-state index contributed by atoms with van der Waals surface area (Å²) in [5.41, 5.74) is -0.401. The van der Waals surface area contributed by atoms with E-state index in [0.717, 1.165) is 4.90 Å². The molecule has 0 aliphatic heterocycles. The van der Waals surface area contributed by atoms with Gasteiger partial charge in [0.1, 0.15) is 5.60 Å². The fourth-order valence-electron chi connectivity index (χ4n) is 1.67. The molecular formula is C14H17BrClNO4. The van der Waals surface area contributed by atoms with Gasteiger partial charge >= 0.3 is 12.1 Å². The Labute approximate surface area is 137 Å². The molecule has 5 nitrogen and oxygen atoms in total. The SMILES string of the molecule is CN(C(=O)OC(C)(C)C)C(C(=O)O)c1cc(Br)ccc1Cl. The highest BCUT2D eigenvalue weighted by Gasteiger charge is 2.32. The number of likely N-dealkylation sites (N-methyl/N-ethyl adjacent to an activating group) is 1. The molecule has 1 aromatic rings. The molecule has 0 heterocycles. The molecule has 0 bridgehead atoms. The second kappa shape index (κ2) is 6.66. The molecule has 1 rings (SSSR count). The first-order valence-corrected chi connectivity index (χ1v) is 7.33. The van der Waals surface area contributed by atoms with Crippen LogP contribution in [0.5, 0.6) is 0 Å². The topological polar surface area (TPSA) is 66.8 Å². The number of rotatable bonds is 3. The van der Waals surface area contributed by atoms with Gasteiger partial charge in [-0.05, 0) is 39.0 Å². The third-order valence-electron chi connectivity index (χ3n) is 2.56. The summed E-state index contributed by atoms with van der Waals surface area (Å²) in [4.78, 5) is 24.6. The van der Waals surface area contributed by atoms with Crippen molar-refractivity contribution in [3.63, 3.8) is 0 Å². The highest BCUT2D eigenvalue weighted by Crippen LogP contribution is 2.30. The second-order valence-corrected chi connectivity index (χ2v) is 6.82. The van der Waals surface area contributed by atoms with Crippen LogP contribution in [0, 0.1) is 0 Å². The number of hydrogen-bond donors (Lipinski definition) is 1. The Morgan fingerprint density at radius 1 is 1.38 bits per heavy atom. The van der Waals surface area contributed by atoms with Crippen LogP contribution >= 0.6 is 27.5 Å². The van der Waals surface area contributed by atoms with Crippen LogP contribution in [0.15, 0.2) is 22.7 Å². The van der Waals surface area contributed by atoms with Crippen molar-refractivity contribution in [1.29, 1.82) is 0 Å². The average molecular weight is 379 g/mol. The van der Waals surface area contributed by atoms with Gasteiger partial charge in [0, 0.05) is 22.1 Å². The van der Waals surface area contributed by atoms with Gasteiger partial charge in [0.2, 0.25) is 0 Å².